The lowest BCUT2D eigenvalue weighted by atomic mass is 10.1. The monoisotopic (exact) mass is 515 g/mol. The van der Waals surface area contributed by atoms with Crippen molar-refractivity contribution in [1.82, 2.24) is 0 Å². The van der Waals surface area contributed by atoms with Gasteiger partial charge in [-0.25, -0.2) is 8.42 Å². The summed E-state index contributed by atoms with van der Waals surface area (Å²) in [6.45, 7) is 0. The van der Waals surface area contributed by atoms with Crippen LogP contribution in [0.5, 0.6) is 34.5 Å². The highest BCUT2D eigenvalue weighted by molar-refractivity contribution is 7.92. The molecule has 0 aromatic heterocycles. The average Bonchev–Trinajstić information content (AvgIpc) is 2.91. The third kappa shape index (κ3) is 5.60. The van der Waals surface area contributed by atoms with E-state index in [-0.39, 0.29) is 16.3 Å². The first-order valence-corrected chi connectivity index (χ1v) is 12.2. The number of ether oxygens (including phenoxy) is 6. The Morgan fingerprint density at radius 1 is 0.639 bits per heavy atom. The van der Waals surface area contributed by atoms with E-state index in [1.165, 1.54) is 54.8 Å². The maximum atomic E-state index is 13.2. The Kier molecular flexibility index (Phi) is 8.55. The second-order valence-corrected chi connectivity index (χ2v) is 9.02. The molecule has 0 aliphatic carbocycles. The number of nitrogens with one attached hydrogen (secondary N) is 1. The summed E-state index contributed by atoms with van der Waals surface area (Å²) in [7, 11) is 5.06. The van der Waals surface area contributed by atoms with Gasteiger partial charge in [0.15, 0.2) is 23.0 Å². The smallest absolute Gasteiger partial charge is 0.262 e. The minimum Gasteiger partial charge on any atom is -0.497 e. The molecule has 0 atom stereocenters. The Balaban J connectivity index is 2.08. The van der Waals surface area contributed by atoms with E-state index in [2.05, 4.69) is 4.72 Å². The van der Waals surface area contributed by atoms with Crippen molar-refractivity contribution in [2.24, 2.45) is 0 Å². The lowest BCUT2D eigenvalue weighted by Gasteiger charge is -2.17. The number of anilines is 1. The van der Waals surface area contributed by atoms with E-state index in [0.717, 1.165) is 5.56 Å². The van der Waals surface area contributed by atoms with E-state index in [9.17, 15) is 8.42 Å². The molecule has 3 rings (SSSR count). The van der Waals surface area contributed by atoms with E-state index in [0.29, 0.717) is 34.3 Å². The fraction of sp³-hybridized carbons (Fsp3) is 0.231. The quantitative estimate of drug-likeness (QED) is 0.367. The summed E-state index contributed by atoms with van der Waals surface area (Å²) in [5.41, 5.74) is 1.50. The number of sulfonamides is 1. The Morgan fingerprint density at radius 2 is 1.22 bits per heavy atom. The average molecular weight is 516 g/mol. The van der Waals surface area contributed by atoms with Crippen molar-refractivity contribution in [2.75, 3.05) is 47.4 Å². The van der Waals surface area contributed by atoms with Crippen LogP contribution >= 0.6 is 0 Å². The van der Waals surface area contributed by atoms with Crippen LogP contribution in [0.1, 0.15) is 11.1 Å². The molecule has 1 N–H and O–H groups in total. The van der Waals surface area contributed by atoms with Crippen molar-refractivity contribution in [3.8, 4) is 34.5 Å². The number of benzene rings is 3. The predicted molar refractivity (Wildman–Crippen MR) is 138 cm³/mol. The molecule has 36 heavy (non-hydrogen) atoms. The molecule has 10 heteroatoms. The number of hydrogen-bond acceptors (Lipinski definition) is 8. The third-order valence-electron chi connectivity index (χ3n) is 5.33. The van der Waals surface area contributed by atoms with Crippen molar-refractivity contribution in [1.29, 1.82) is 0 Å². The molecular formula is C26H29NO8S. The molecule has 0 radical (unpaired) electrons. The first kappa shape index (κ1) is 26.6. The van der Waals surface area contributed by atoms with E-state index >= 15 is 0 Å². The molecule has 0 heterocycles. The molecule has 3 aromatic carbocycles. The van der Waals surface area contributed by atoms with Gasteiger partial charge >= 0.3 is 0 Å². The highest BCUT2D eigenvalue weighted by atomic mass is 32.2. The van der Waals surface area contributed by atoms with E-state index in [4.69, 9.17) is 28.4 Å². The molecule has 0 aliphatic rings. The zero-order chi connectivity index (χ0) is 26.3. The summed E-state index contributed by atoms with van der Waals surface area (Å²) in [5.74, 6) is 2.60. The van der Waals surface area contributed by atoms with Crippen molar-refractivity contribution in [2.45, 2.75) is 4.90 Å². The molecule has 0 saturated heterocycles. The second kappa shape index (κ2) is 11.6. The maximum absolute atomic E-state index is 13.2. The topological polar surface area (TPSA) is 102 Å². The van der Waals surface area contributed by atoms with Crippen LogP contribution in [0.4, 0.5) is 5.69 Å². The van der Waals surface area contributed by atoms with Gasteiger partial charge in [0, 0.05) is 5.56 Å². The van der Waals surface area contributed by atoms with Crippen LogP contribution in [0.3, 0.4) is 0 Å². The van der Waals surface area contributed by atoms with Crippen LogP contribution in [0.15, 0.2) is 53.4 Å². The summed E-state index contributed by atoms with van der Waals surface area (Å²) in [5, 5.41) is 0. The first-order chi connectivity index (χ1) is 17.3. The molecule has 0 spiro atoms. The van der Waals surface area contributed by atoms with Gasteiger partial charge in [0.25, 0.3) is 10.0 Å². The van der Waals surface area contributed by atoms with E-state index in [1.54, 1.807) is 48.6 Å². The molecule has 0 saturated carbocycles. The molecule has 0 bridgehead atoms. The number of methoxy groups -OCH3 is 6. The zero-order valence-corrected chi connectivity index (χ0v) is 21.8. The van der Waals surface area contributed by atoms with Crippen LogP contribution in [0, 0.1) is 0 Å². The van der Waals surface area contributed by atoms with Gasteiger partial charge in [-0.15, -0.1) is 0 Å². The van der Waals surface area contributed by atoms with E-state index < -0.39 is 10.0 Å². The molecule has 0 fully saturated rings. The van der Waals surface area contributed by atoms with Gasteiger partial charge in [0.2, 0.25) is 5.75 Å². The SMILES string of the molecule is COc1ccc(S(=O)(=O)Nc2c(/C=C\c3cc(OC)c(OC)c(OC)c3)ccc(OC)c2OC)cc1. The first-order valence-electron chi connectivity index (χ1n) is 10.7. The van der Waals surface area contributed by atoms with Crippen molar-refractivity contribution >= 4 is 27.9 Å². The van der Waals surface area contributed by atoms with Crippen LogP contribution in [0.2, 0.25) is 0 Å². The fourth-order valence-electron chi connectivity index (χ4n) is 3.52. The van der Waals surface area contributed by atoms with Crippen molar-refractivity contribution in [3.63, 3.8) is 0 Å². The minimum atomic E-state index is -3.96. The Hall–Kier alpha value is -4.05. The van der Waals surface area contributed by atoms with Crippen molar-refractivity contribution < 1.29 is 36.8 Å². The van der Waals surface area contributed by atoms with E-state index in [1.807, 2.05) is 0 Å². The third-order valence-corrected chi connectivity index (χ3v) is 6.69. The van der Waals surface area contributed by atoms with Gasteiger partial charge in [0.05, 0.1) is 47.6 Å². The largest absolute Gasteiger partial charge is 0.497 e. The molecular weight excluding hydrogens is 486 g/mol. The number of rotatable bonds is 11. The van der Waals surface area contributed by atoms with Gasteiger partial charge in [-0.1, -0.05) is 12.2 Å². The normalized spacial score (nSPS) is 11.2. The summed E-state index contributed by atoms with van der Waals surface area (Å²) in [6, 6.07) is 13.0. The zero-order valence-electron chi connectivity index (χ0n) is 20.9. The summed E-state index contributed by atoms with van der Waals surface area (Å²) in [4.78, 5) is 0.0627. The van der Waals surface area contributed by atoms with Gasteiger partial charge < -0.3 is 28.4 Å². The maximum Gasteiger partial charge on any atom is 0.262 e. The van der Waals surface area contributed by atoms with Gasteiger partial charge in [-0.05, 0) is 54.1 Å². The highest BCUT2D eigenvalue weighted by Gasteiger charge is 2.21. The second-order valence-electron chi connectivity index (χ2n) is 7.34. The molecule has 3 aromatic rings. The molecule has 0 unspecified atom stereocenters. The lowest BCUT2D eigenvalue weighted by Crippen LogP contribution is -2.15. The van der Waals surface area contributed by atoms with Crippen LogP contribution in [-0.2, 0) is 10.0 Å². The summed E-state index contributed by atoms with van der Waals surface area (Å²) >= 11 is 0. The summed E-state index contributed by atoms with van der Waals surface area (Å²) in [6.07, 6.45) is 3.53. The molecule has 0 amide bonds. The Morgan fingerprint density at radius 3 is 1.72 bits per heavy atom. The Bertz CT molecular complexity index is 1310. The van der Waals surface area contributed by atoms with Crippen LogP contribution < -0.4 is 33.1 Å². The Labute approximate surface area is 211 Å². The van der Waals surface area contributed by atoms with Crippen LogP contribution in [0.25, 0.3) is 12.2 Å². The molecule has 192 valence electrons. The lowest BCUT2D eigenvalue weighted by molar-refractivity contribution is 0.324. The van der Waals surface area contributed by atoms with Crippen molar-refractivity contribution in [3.05, 3.63) is 59.7 Å². The highest BCUT2D eigenvalue weighted by Crippen LogP contribution is 2.41. The molecule has 9 nitrogen and oxygen atoms in total. The number of hydrogen-bond donors (Lipinski definition) is 1. The van der Waals surface area contributed by atoms with Gasteiger partial charge in [-0.2, -0.15) is 0 Å². The standard InChI is InChI=1S/C26H29NO8S/c1-30-19-10-12-20(13-11-19)36(28,29)27-24-18(9-14-21(31-2)26(24)35-6)8-7-17-15-22(32-3)25(34-5)23(16-17)33-4/h7-16,27H,1-6H3/b8-7-. The summed E-state index contributed by atoms with van der Waals surface area (Å²) < 4.78 is 61.3. The van der Waals surface area contributed by atoms with Gasteiger partial charge in [-0.3, -0.25) is 4.72 Å². The predicted octanol–water partition coefficient (Wildman–Crippen LogP) is 4.71. The molecule has 0 aliphatic heterocycles. The van der Waals surface area contributed by atoms with Crippen LogP contribution in [-0.4, -0.2) is 51.1 Å². The fourth-order valence-corrected chi connectivity index (χ4v) is 4.61. The van der Waals surface area contributed by atoms with Gasteiger partial charge in [0.1, 0.15) is 11.4 Å². The minimum absolute atomic E-state index is 0.0627.